The number of aryl methyl sites for hydroxylation is 1. The van der Waals surface area contributed by atoms with Crippen molar-refractivity contribution in [2.75, 3.05) is 12.3 Å². The van der Waals surface area contributed by atoms with E-state index in [9.17, 15) is 14.4 Å². The molecule has 29 heavy (non-hydrogen) atoms. The van der Waals surface area contributed by atoms with Gasteiger partial charge in [-0.25, -0.2) is 9.78 Å². The van der Waals surface area contributed by atoms with Crippen molar-refractivity contribution in [3.8, 4) is 5.75 Å². The third-order valence-corrected chi connectivity index (χ3v) is 4.88. The van der Waals surface area contributed by atoms with Gasteiger partial charge in [-0.15, -0.1) is 0 Å². The molecule has 0 unspecified atom stereocenters. The highest BCUT2D eigenvalue weighted by molar-refractivity contribution is 6.39. The van der Waals surface area contributed by atoms with Crippen LogP contribution in [-0.4, -0.2) is 26.9 Å². The van der Waals surface area contributed by atoms with Crippen molar-refractivity contribution >= 4 is 45.7 Å². The number of Topliss-reactive ketones (excluding diaryl/α,β-unsaturated/α-hetero) is 1. The Labute approximate surface area is 175 Å². The Morgan fingerprint density at radius 1 is 1.28 bits per heavy atom. The topological polar surface area (TPSA) is 120 Å². The molecule has 0 saturated heterocycles. The number of pyridine rings is 1. The van der Waals surface area contributed by atoms with Crippen LogP contribution in [0, 0.1) is 6.92 Å². The standard InChI is InChI=1S/C19H18Cl2N4O4/c1-3-6-25-17(22)14(18(27)24-19(25)28)13(26)8-29-16-12(21)7-11(20)10-5-4-9(2)23-15(10)16/h4-5,7H,3,6,8,22H2,1-2H3,(H,24,27,28). The van der Waals surface area contributed by atoms with Crippen molar-refractivity contribution < 1.29 is 9.53 Å². The van der Waals surface area contributed by atoms with E-state index >= 15 is 0 Å². The minimum absolute atomic E-state index is 0.167. The number of aromatic amines is 1. The van der Waals surface area contributed by atoms with Gasteiger partial charge in [-0.3, -0.25) is 19.1 Å². The van der Waals surface area contributed by atoms with E-state index < -0.39 is 23.6 Å². The number of hydrogen-bond donors (Lipinski definition) is 2. The largest absolute Gasteiger partial charge is 0.482 e. The number of nitrogens with two attached hydrogens (primary N) is 1. The lowest BCUT2D eigenvalue weighted by Crippen LogP contribution is -2.37. The maximum Gasteiger partial charge on any atom is 0.329 e. The number of nitrogen functional groups attached to an aromatic ring is 1. The molecule has 152 valence electrons. The molecule has 0 atom stereocenters. The Kier molecular flexibility index (Phi) is 5.95. The van der Waals surface area contributed by atoms with Crippen LogP contribution in [0.15, 0.2) is 27.8 Å². The summed E-state index contributed by atoms with van der Waals surface area (Å²) in [7, 11) is 0. The number of anilines is 1. The van der Waals surface area contributed by atoms with Crippen LogP contribution < -0.4 is 21.7 Å². The maximum absolute atomic E-state index is 12.7. The number of aromatic nitrogens is 3. The molecule has 10 heteroatoms. The summed E-state index contributed by atoms with van der Waals surface area (Å²) in [5.74, 6) is -0.726. The zero-order valence-corrected chi connectivity index (χ0v) is 17.2. The molecule has 2 heterocycles. The minimum atomic E-state index is -0.866. The molecule has 8 nitrogen and oxygen atoms in total. The number of nitrogens with zero attached hydrogens (tertiary/aromatic N) is 2. The normalized spacial score (nSPS) is 11.0. The molecule has 2 aromatic heterocycles. The van der Waals surface area contributed by atoms with E-state index in [4.69, 9.17) is 33.7 Å². The van der Waals surface area contributed by atoms with Gasteiger partial charge in [-0.2, -0.15) is 0 Å². The Bertz CT molecular complexity index is 1230. The zero-order chi connectivity index (χ0) is 21.3. The molecule has 0 fully saturated rings. The Morgan fingerprint density at radius 2 is 2.00 bits per heavy atom. The number of carbonyl (C=O) groups excluding carboxylic acids is 1. The fourth-order valence-corrected chi connectivity index (χ4v) is 3.51. The summed E-state index contributed by atoms with van der Waals surface area (Å²) in [4.78, 5) is 43.2. The number of halogens is 2. The van der Waals surface area contributed by atoms with Gasteiger partial charge in [-0.1, -0.05) is 30.1 Å². The fraction of sp³-hybridized carbons (Fsp3) is 0.263. The molecular formula is C19H18Cl2N4O4. The summed E-state index contributed by atoms with van der Waals surface area (Å²) >= 11 is 12.4. The quantitative estimate of drug-likeness (QED) is 0.573. The molecule has 0 amide bonds. The summed E-state index contributed by atoms with van der Waals surface area (Å²) in [6, 6.07) is 5.05. The molecule has 3 rings (SSSR count). The number of carbonyl (C=O) groups is 1. The monoisotopic (exact) mass is 436 g/mol. The molecule has 0 saturated carbocycles. The van der Waals surface area contributed by atoms with Gasteiger partial charge in [0, 0.05) is 17.6 Å². The van der Waals surface area contributed by atoms with Crippen LogP contribution in [0.25, 0.3) is 10.9 Å². The van der Waals surface area contributed by atoms with Crippen LogP contribution >= 0.6 is 23.2 Å². The molecule has 0 bridgehead atoms. The molecule has 0 spiro atoms. The van der Waals surface area contributed by atoms with Gasteiger partial charge in [0.15, 0.2) is 12.4 Å². The first-order valence-electron chi connectivity index (χ1n) is 8.78. The molecular weight excluding hydrogens is 419 g/mol. The molecule has 0 radical (unpaired) electrons. The molecule has 0 aliphatic heterocycles. The summed E-state index contributed by atoms with van der Waals surface area (Å²) < 4.78 is 6.76. The van der Waals surface area contributed by atoms with Crippen LogP contribution in [0.2, 0.25) is 10.0 Å². The second kappa shape index (κ2) is 8.26. The van der Waals surface area contributed by atoms with Crippen molar-refractivity contribution in [3.63, 3.8) is 0 Å². The van der Waals surface area contributed by atoms with Crippen LogP contribution in [0.5, 0.6) is 5.75 Å². The van der Waals surface area contributed by atoms with E-state index in [2.05, 4.69) is 9.97 Å². The summed E-state index contributed by atoms with van der Waals surface area (Å²) in [5.41, 5.74) is 5.14. The molecule has 0 aliphatic carbocycles. The highest BCUT2D eigenvalue weighted by Crippen LogP contribution is 2.37. The smallest absolute Gasteiger partial charge is 0.329 e. The average molecular weight is 437 g/mol. The molecule has 3 N–H and O–H groups in total. The first kappa shape index (κ1) is 20.9. The van der Waals surface area contributed by atoms with E-state index in [1.54, 1.807) is 19.1 Å². The van der Waals surface area contributed by atoms with Gasteiger partial charge in [-0.05, 0) is 31.5 Å². The molecule has 1 aromatic carbocycles. The van der Waals surface area contributed by atoms with E-state index in [0.29, 0.717) is 28.0 Å². The Hall–Kier alpha value is -2.84. The predicted octanol–water partition coefficient (Wildman–Crippen LogP) is 2.95. The number of rotatable bonds is 6. The molecule has 3 aromatic rings. The number of ketones is 1. The summed E-state index contributed by atoms with van der Waals surface area (Å²) in [6.07, 6.45) is 0.595. The van der Waals surface area contributed by atoms with Gasteiger partial charge in [0.2, 0.25) is 5.78 Å². The first-order chi connectivity index (χ1) is 13.7. The van der Waals surface area contributed by atoms with Gasteiger partial charge in [0.1, 0.15) is 16.9 Å². The van der Waals surface area contributed by atoms with E-state index in [1.807, 2.05) is 6.92 Å². The number of benzene rings is 1. The van der Waals surface area contributed by atoms with Crippen LogP contribution in [0.1, 0.15) is 29.4 Å². The van der Waals surface area contributed by atoms with Crippen LogP contribution in [0.4, 0.5) is 5.82 Å². The Morgan fingerprint density at radius 3 is 2.69 bits per heavy atom. The van der Waals surface area contributed by atoms with E-state index in [-0.39, 0.29) is 28.7 Å². The van der Waals surface area contributed by atoms with Crippen molar-refractivity contribution in [1.29, 1.82) is 0 Å². The first-order valence-corrected chi connectivity index (χ1v) is 9.54. The second-order valence-corrected chi connectivity index (χ2v) is 7.22. The van der Waals surface area contributed by atoms with Crippen molar-refractivity contribution in [3.05, 3.63) is 60.3 Å². The third kappa shape index (κ3) is 3.99. The SMILES string of the molecule is CCCn1c(N)c(C(=O)COc2c(Cl)cc(Cl)c3ccc(C)nc23)c(=O)[nH]c1=O. The lowest BCUT2D eigenvalue weighted by Gasteiger charge is -2.13. The zero-order valence-electron chi connectivity index (χ0n) is 15.7. The van der Waals surface area contributed by atoms with E-state index in [0.717, 1.165) is 4.57 Å². The minimum Gasteiger partial charge on any atom is -0.482 e. The highest BCUT2D eigenvalue weighted by Gasteiger charge is 2.21. The second-order valence-electron chi connectivity index (χ2n) is 6.40. The lowest BCUT2D eigenvalue weighted by atomic mass is 10.1. The maximum atomic E-state index is 12.7. The summed E-state index contributed by atoms with van der Waals surface area (Å²) in [5, 5.41) is 1.17. The lowest BCUT2D eigenvalue weighted by molar-refractivity contribution is 0.0921. The van der Waals surface area contributed by atoms with Crippen LogP contribution in [-0.2, 0) is 6.54 Å². The van der Waals surface area contributed by atoms with Gasteiger partial charge in [0.25, 0.3) is 5.56 Å². The Balaban J connectivity index is 1.99. The van der Waals surface area contributed by atoms with Crippen molar-refractivity contribution in [2.24, 2.45) is 0 Å². The third-order valence-electron chi connectivity index (χ3n) is 4.29. The number of H-pyrrole nitrogens is 1. The summed E-state index contributed by atoms with van der Waals surface area (Å²) in [6.45, 7) is 3.37. The average Bonchev–Trinajstić information content (AvgIpc) is 2.64. The molecule has 0 aliphatic rings. The number of hydrogen-bond acceptors (Lipinski definition) is 6. The van der Waals surface area contributed by atoms with E-state index in [1.165, 1.54) is 6.07 Å². The fourth-order valence-electron chi connectivity index (χ4n) is 2.94. The van der Waals surface area contributed by atoms with Crippen molar-refractivity contribution in [2.45, 2.75) is 26.8 Å². The van der Waals surface area contributed by atoms with Crippen molar-refractivity contribution in [1.82, 2.24) is 14.5 Å². The van der Waals surface area contributed by atoms with Gasteiger partial charge < -0.3 is 10.5 Å². The number of ether oxygens (including phenoxy) is 1. The predicted molar refractivity (Wildman–Crippen MR) is 112 cm³/mol. The van der Waals surface area contributed by atoms with Crippen LogP contribution in [0.3, 0.4) is 0 Å². The highest BCUT2D eigenvalue weighted by atomic mass is 35.5. The number of nitrogens with one attached hydrogen (secondary N) is 1. The van der Waals surface area contributed by atoms with Gasteiger partial charge >= 0.3 is 5.69 Å². The number of fused-ring (bicyclic) bond motifs is 1. The van der Waals surface area contributed by atoms with Gasteiger partial charge in [0.05, 0.1) is 10.0 Å².